The van der Waals surface area contributed by atoms with Gasteiger partial charge in [-0.25, -0.2) is 0 Å². The van der Waals surface area contributed by atoms with Crippen LogP contribution in [0.4, 0.5) is 0 Å². The Morgan fingerprint density at radius 1 is 1.23 bits per heavy atom. The maximum atomic E-state index is 10.7. The quantitative estimate of drug-likeness (QED) is 0.820. The van der Waals surface area contributed by atoms with Crippen molar-refractivity contribution in [1.29, 1.82) is 0 Å². The molecule has 3 nitrogen and oxygen atoms in total. The highest BCUT2D eigenvalue weighted by atomic mass is 79.9. The van der Waals surface area contributed by atoms with E-state index in [-0.39, 0.29) is 6.16 Å². The monoisotopic (exact) mass is 328 g/mol. The fourth-order valence-electron chi connectivity index (χ4n) is 0.876. The zero-order valence-corrected chi connectivity index (χ0v) is 10.5. The molecule has 0 saturated heterocycles. The number of benzene rings is 1. The molecule has 72 valence electrons. The lowest BCUT2D eigenvalue weighted by Gasteiger charge is -2.04. The van der Waals surface area contributed by atoms with Gasteiger partial charge in [0.05, 0.1) is 6.16 Å². The minimum Gasteiger partial charge on any atom is -0.324 e. The fourth-order valence-corrected chi connectivity index (χ4v) is 2.22. The van der Waals surface area contributed by atoms with Crippen molar-refractivity contribution < 1.29 is 14.4 Å². The molecule has 0 fully saturated rings. The summed E-state index contributed by atoms with van der Waals surface area (Å²) in [5.74, 6) is 0. The van der Waals surface area contributed by atoms with Crippen LogP contribution in [0.2, 0.25) is 0 Å². The largest absolute Gasteiger partial charge is 0.329 e. The normalized spacial score (nSPS) is 11.7. The van der Waals surface area contributed by atoms with E-state index in [9.17, 15) is 4.57 Å². The minimum absolute atomic E-state index is 0.223. The lowest BCUT2D eigenvalue weighted by molar-refractivity contribution is 0.371. The van der Waals surface area contributed by atoms with Crippen molar-refractivity contribution in [2.24, 2.45) is 0 Å². The molecule has 13 heavy (non-hydrogen) atoms. The second-order valence-corrected chi connectivity index (χ2v) is 5.93. The highest BCUT2D eigenvalue weighted by Gasteiger charge is 2.14. The van der Waals surface area contributed by atoms with E-state index in [0.717, 1.165) is 8.95 Å². The molecule has 0 spiro atoms. The molecule has 1 rings (SSSR count). The molecular formula is C7H7Br2O3P. The van der Waals surface area contributed by atoms with Gasteiger partial charge in [0.2, 0.25) is 0 Å². The number of halogens is 2. The number of rotatable bonds is 2. The van der Waals surface area contributed by atoms with Crippen LogP contribution in [0.15, 0.2) is 27.1 Å². The van der Waals surface area contributed by atoms with Gasteiger partial charge in [-0.3, -0.25) is 4.57 Å². The van der Waals surface area contributed by atoms with E-state index in [4.69, 9.17) is 9.79 Å². The van der Waals surface area contributed by atoms with Crippen LogP contribution in [0.25, 0.3) is 0 Å². The minimum atomic E-state index is -3.96. The first-order valence-electron chi connectivity index (χ1n) is 3.37. The van der Waals surface area contributed by atoms with E-state index in [1.807, 2.05) is 0 Å². The Bertz CT molecular complexity index is 361. The molecule has 0 aliphatic carbocycles. The SMILES string of the molecule is O=P(O)(O)Cc1ccc(Br)c(Br)c1. The summed E-state index contributed by atoms with van der Waals surface area (Å²) in [5.41, 5.74) is 0.614. The Morgan fingerprint density at radius 2 is 1.85 bits per heavy atom. The van der Waals surface area contributed by atoms with Crippen molar-refractivity contribution in [3.8, 4) is 0 Å². The highest BCUT2D eigenvalue weighted by Crippen LogP contribution is 2.40. The standard InChI is InChI=1S/C7H7Br2O3P/c8-6-2-1-5(3-7(6)9)4-13(10,11)12/h1-3H,4H2,(H2,10,11,12). The second kappa shape index (κ2) is 4.24. The Kier molecular flexibility index (Phi) is 3.72. The van der Waals surface area contributed by atoms with Crippen LogP contribution in [0.1, 0.15) is 5.56 Å². The predicted octanol–water partition coefficient (Wildman–Crippen LogP) is 2.89. The Balaban J connectivity index is 2.92. The van der Waals surface area contributed by atoms with Gasteiger partial charge in [0.25, 0.3) is 0 Å². The molecule has 2 N–H and O–H groups in total. The highest BCUT2D eigenvalue weighted by molar-refractivity contribution is 9.13. The maximum absolute atomic E-state index is 10.7. The van der Waals surface area contributed by atoms with Crippen LogP contribution in [-0.4, -0.2) is 9.79 Å². The first kappa shape index (κ1) is 11.4. The molecule has 0 aliphatic heterocycles. The third kappa shape index (κ3) is 3.92. The second-order valence-electron chi connectivity index (χ2n) is 2.57. The molecule has 1 aromatic carbocycles. The van der Waals surface area contributed by atoms with Gasteiger partial charge in [0.1, 0.15) is 0 Å². The third-order valence-corrected chi connectivity index (χ3v) is 4.03. The lowest BCUT2D eigenvalue weighted by atomic mass is 10.2. The van der Waals surface area contributed by atoms with E-state index in [2.05, 4.69) is 31.9 Å². The Morgan fingerprint density at radius 3 is 2.31 bits per heavy atom. The van der Waals surface area contributed by atoms with Gasteiger partial charge >= 0.3 is 7.60 Å². The molecule has 0 saturated carbocycles. The topological polar surface area (TPSA) is 57.5 Å². The molecule has 1 aromatic rings. The summed E-state index contributed by atoms with van der Waals surface area (Å²) in [4.78, 5) is 17.4. The van der Waals surface area contributed by atoms with Crippen LogP contribution < -0.4 is 0 Å². The van der Waals surface area contributed by atoms with Crippen molar-refractivity contribution in [1.82, 2.24) is 0 Å². The first-order valence-corrected chi connectivity index (χ1v) is 6.75. The predicted molar refractivity (Wildman–Crippen MR) is 57.6 cm³/mol. The van der Waals surface area contributed by atoms with Crippen LogP contribution in [0.5, 0.6) is 0 Å². The van der Waals surface area contributed by atoms with Gasteiger partial charge in [0.15, 0.2) is 0 Å². The average molecular weight is 330 g/mol. The molecule has 0 unspecified atom stereocenters. The maximum Gasteiger partial charge on any atom is 0.329 e. The molecule has 0 heterocycles. The van der Waals surface area contributed by atoms with Crippen molar-refractivity contribution in [2.45, 2.75) is 6.16 Å². The van der Waals surface area contributed by atoms with E-state index < -0.39 is 7.60 Å². The van der Waals surface area contributed by atoms with Crippen LogP contribution >= 0.6 is 39.5 Å². The third-order valence-electron chi connectivity index (χ3n) is 1.37. The Hall–Kier alpha value is 0.330. The summed E-state index contributed by atoms with van der Waals surface area (Å²) >= 11 is 6.52. The van der Waals surface area contributed by atoms with Gasteiger partial charge in [-0.15, -0.1) is 0 Å². The summed E-state index contributed by atoms with van der Waals surface area (Å²) < 4.78 is 12.3. The van der Waals surface area contributed by atoms with Gasteiger partial charge in [0, 0.05) is 8.95 Å². The fraction of sp³-hybridized carbons (Fsp3) is 0.143. The molecule has 0 aliphatic rings. The van der Waals surface area contributed by atoms with E-state index >= 15 is 0 Å². The number of hydrogen-bond acceptors (Lipinski definition) is 1. The van der Waals surface area contributed by atoms with Crippen molar-refractivity contribution in [3.05, 3.63) is 32.7 Å². The van der Waals surface area contributed by atoms with E-state index in [1.165, 1.54) is 0 Å². The van der Waals surface area contributed by atoms with Crippen molar-refractivity contribution in [2.75, 3.05) is 0 Å². The zero-order chi connectivity index (χ0) is 10.1. The molecule has 0 atom stereocenters. The zero-order valence-electron chi connectivity index (χ0n) is 6.44. The van der Waals surface area contributed by atoms with Crippen molar-refractivity contribution >= 4 is 39.5 Å². The van der Waals surface area contributed by atoms with Crippen molar-refractivity contribution in [3.63, 3.8) is 0 Å². The molecule has 0 bridgehead atoms. The summed E-state index contributed by atoms with van der Waals surface area (Å²) in [6.45, 7) is 0. The smallest absolute Gasteiger partial charge is 0.324 e. The number of hydrogen-bond donors (Lipinski definition) is 2. The molecule has 0 aromatic heterocycles. The van der Waals surface area contributed by atoms with E-state index in [1.54, 1.807) is 18.2 Å². The molecule has 0 amide bonds. The summed E-state index contributed by atoms with van der Waals surface area (Å²) in [6.07, 6.45) is -0.223. The van der Waals surface area contributed by atoms with Crippen LogP contribution in [0.3, 0.4) is 0 Å². The molecular weight excluding hydrogens is 323 g/mol. The first-order chi connectivity index (χ1) is 5.88. The van der Waals surface area contributed by atoms with Gasteiger partial charge in [-0.1, -0.05) is 6.07 Å². The van der Waals surface area contributed by atoms with Gasteiger partial charge in [-0.2, -0.15) is 0 Å². The Labute approximate surface area is 92.6 Å². The van der Waals surface area contributed by atoms with E-state index in [0.29, 0.717) is 5.56 Å². The van der Waals surface area contributed by atoms with Gasteiger partial charge in [-0.05, 0) is 49.6 Å². The van der Waals surface area contributed by atoms with Crippen LogP contribution in [-0.2, 0) is 10.7 Å². The van der Waals surface area contributed by atoms with Crippen LogP contribution in [0, 0.1) is 0 Å². The average Bonchev–Trinajstić information content (AvgIpc) is 1.94. The van der Waals surface area contributed by atoms with Gasteiger partial charge < -0.3 is 9.79 Å². The molecule has 6 heteroatoms. The molecule has 0 radical (unpaired) electrons. The summed E-state index contributed by atoms with van der Waals surface area (Å²) in [5, 5.41) is 0. The summed E-state index contributed by atoms with van der Waals surface area (Å²) in [6, 6.07) is 5.10. The summed E-state index contributed by atoms with van der Waals surface area (Å²) in [7, 11) is -3.96. The lowest BCUT2D eigenvalue weighted by Crippen LogP contribution is -1.86.